The van der Waals surface area contributed by atoms with Gasteiger partial charge in [-0.3, -0.25) is 14.5 Å². The van der Waals surface area contributed by atoms with E-state index in [1.54, 1.807) is 0 Å². The number of carbonyl (C=O) groups excluding carboxylic acids is 2. The largest absolute Gasteiger partial charge is 0.335 e. The van der Waals surface area contributed by atoms with Gasteiger partial charge in [0.1, 0.15) is 5.71 Å². The fourth-order valence-electron chi connectivity index (χ4n) is 2.43. The summed E-state index contributed by atoms with van der Waals surface area (Å²) in [6.07, 6.45) is 2.02. The molecule has 0 saturated carbocycles. The average molecular weight is 280 g/mol. The molecular weight excluding hydrogens is 256 g/mol. The molecule has 0 unspecified atom stereocenters. The van der Waals surface area contributed by atoms with Crippen molar-refractivity contribution in [3.63, 3.8) is 0 Å². The van der Waals surface area contributed by atoms with Gasteiger partial charge in [0.2, 0.25) is 5.91 Å². The molecule has 0 bridgehead atoms. The van der Waals surface area contributed by atoms with Crippen LogP contribution in [0.2, 0.25) is 0 Å². The number of amides is 2. The van der Waals surface area contributed by atoms with Crippen LogP contribution in [0.4, 0.5) is 0 Å². The second-order valence-corrected chi connectivity index (χ2v) is 5.91. The highest BCUT2D eigenvalue weighted by Gasteiger charge is 2.26. The Morgan fingerprint density at radius 1 is 1.25 bits per heavy atom. The third-order valence-corrected chi connectivity index (χ3v) is 3.83. The summed E-state index contributed by atoms with van der Waals surface area (Å²) in [5.41, 5.74) is 2.87. The van der Waals surface area contributed by atoms with Crippen LogP contribution in [0.15, 0.2) is 5.10 Å². The smallest absolute Gasteiger partial charge is 0.270 e. The molecule has 0 spiro atoms. The highest BCUT2D eigenvalue weighted by Crippen LogP contribution is 2.09. The molecule has 2 rings (SSSR count). The van der Waals surface area contributed by atoms with Crippen molar-refractivity contribution in [2.45, 2.75) is 33.1 Å². The van der Waals surface area contributed by atoms with E-state index in [4.69, 9.17) is 0 Å². The zero-order valence-electron chi connectivity index (χ0n) is 12.4. The van der Waals surface area contributed by atoms with Crippen LogP contribution in [0.25, 0.3) is 0 Å². The van der Waals surface area contributed by atoms with Crippen molar-refractivity contribution in [1.82, 2.24) is 15.2 Å². The summed E-state index contributed by atoms with van der Waals surface area (Å²) >= 11 is 0. The Hall–Kier alpha value is -1.43. The maximum absolute atomic E-state index is 12.3. The fourth-order valence-corrected chi connectivity index (χ4v) is 2.43. The lowest BCUT2D eigenvalue weighted by molar-refractivity contribution is -0.126. The molecule has 2 heterocycles. The predicted molar refractivity (Wildman–Crippen MR) is 77.3 cm³/mol. The summed E-state index contributed by atoms with van der Waals surface area (Å²) < 4.78 is 0. The van der Waals surface area contributed by atoms with Gasteiger partial charge in [0.05, 0.1) is 0 Å². The molecule has 1 N–H and O–H groups in total. The van der Waals surface area contributed by atoms with E-state index in [0.717, 1.165) is 38.6 Å². The number of carbonyl (C=O) groups is 2. The summed E-state index contributed by atoms with van der Waals surface area (Å²) in [6.45, 7) is 8.94. The minimum Gasteiger partial charge on any atom is -0.335 e. The lowest BCUT2D eigenvalue weighted by Gasteiger charge is -2.35. The van der Waals surface area contributed by atoms with Crippen LogP contribution < -0.4 is 5.43 Å². The topological polar surface area (TPSA) is 65.0 Å². The molecule has 1 fully saturated rings. The van der Waals surface area contributed by atoms with E-state index in [1.807, 2.05) is 4.90 Å². The van der Waals surface area contributed by atoms with Crippen LogP contribution in [0.5, 0.6) is 0 Å². The quantitative estimate of drug-likeness (QED) is 0.813. The van der Waals surface area contributed by atoms with Crippen LogP contribution in [-0.2, 0) is 9.59 Å². The molecule has 2 aliphatic rings. The van der Waals surface area contributed by atoms with Gasteiger partial charge in [-0.1, -0.05) is 13.8 Å². The molecule has 0 atom stereocenters. The molecule has 2 aliphatic heterocycles. The van der Waals surface area contributed by atoms with Crippen molar-refractivity contribution < 1.29 is 9.59 Å². The Bertz CT molecular complexity index is 398. The van der Waals surface area contributed by atoms with E-state index in [1.165, 1.54) is 6.42 Å². The zero-order valence-corrected chi connectivity index (χ0v) is 12.4. The predicted octanol–water partition coefficient (Wildman–Crippen LogP) is 0.443. The van der Waals surface area contributed by atoms with Gasteiger partial charge in [0, 0.05) is 39.0 Å². The molecule has 1 saturated heterocycles. The van der Waals surface area contributed by atoms with Crippen LogP contribution in [-0.4, -0.2) is 60.0 Å². The third kappa shape index (κ3) is 4.03. The molecule has 6 nitrogen and oxygen atoms in total. The van der Waals surface area contributed by atoms with Gasteiger partial charge in [-0.05, 0) is 18.9 Å². The average Bonchev–Trinajstić information content (AvgIpc) is 2.46. The molecule has 6 heteroatoms. The summed E-state index contributed by atoms with van der Waals surface area (Å²) in [7, 11) is 0. The summed E-state index contributed by atoms with van der Waals surface area (Å²) in [6, 6.07) is 0. The van der Waals surface area contributed by atoms with Crippen LogP contribution in [0.1, 0.15) is 33.1 Å². The number of nitrogens with one attached hydrogen (secondary N) is 1. The number of nitrogens with zero attached hydrogens (tertiary/aromatic N) is 3. The molecule has 0 radical (unpaired) electrons. The third-order valence-electron chi connectivity index (χ3n) is 3.83. The first-order chi connectivity index (χ1) is 9.56. The standard InChI is InChI=1S/C14H24N4O2/c1-11(2)5-6-17-7-9-18(10-8-17)14(20)12-3-4-13(19)16-15-12/h11H,3-10H2,1-2H3,(H,16,19). The van der Waals surface area contributed by atoms with Crippen molar-refractivity contribution in [1.29, 1.82) is 0 Å². The fraction of sp³-hybridized carbons (Fsp3) is 0.786. The van der Waals surface area contributed by atoms with Gasteiger partial charge in [0.15, 0.2) is 0 Å². The lowest BCUT2D eigenvalue weighted by Crippen LogP contribution is -2.51. The molecule has 0 aromatic heterocycles. The second kappa shape index (κ2) is 6.83. The van der Waals surface area contributed by atoms with Gasteiger partial charge in [-0.25, -0.2) is 5.43 Å². The van der Waals surface area contributed by atoms with Crippen LogP contribution in [0, 0.1) is 5.92 Å². The minimum absolute atomic E-state index is 0.0199. The van der Waals surface area contributed by atoms with Crippen molar-refractivity contribution in [2.75, 3.05) is 32.7 Å². The van der Waals surface area contributed by atoms with E-state index in [0.29, 0.717) is 18.6 Å². The highest BCUT2D eigenvalue weighted by molar-refractivity contribution is 6.39. The van der Waals surface area contributed by atoms with Crippen molar-refractivity contribution in [3.05, 3.63) is 0 Å². The Kier molecular flexibility index (Phi) is 5.11. The molecule has 112 valence electrons. The number of hydrazone groups is 1. The summed E-state index contributed by atoms with van der Waals surface area (Å²) in [5, 5.41) is 3.88. The Morgan fingerprint density at radius 3 is 2.50 bits per heavy atom. The first-order valence-electron chi connectivity index (χ1n) is 7.43. The maximum Gasteiger partial charge on any atom is 0.270 e. The number of rotatable bonds is 4. The van der Waals surface area contributed by atoms with Gasteiger partial charge in [0.25, 0.3) is 5.91 Å². The number of hydrogen-bond acceptors (Lipinski definition) is 4. The first kappa shape index (κ1) is 15.0. The monoisotopic (exact) mass is 280 g/mol. The van der Waals surface area contributed by atoms with Gasteiger partial charge in [-0.2, -0.15) is 5.10 Å². The number of hydrogen-bond donors (Lipinski definition) is 1. The first-order valence-corrected chi connectivity index (χ1v) is 7.43. The van der Waals surface area contributed by atoms with Gasteiger partial charge >= 0.3 is 0 Å². The van der Waals surface area contributed by atoms with E-state index in [9.17, 15) is 9.59 Å². The van der Waals surface area contributed by atoms with Crippen molar-refractivity contribution in [2.24, 2.45) is 11.0 Å². The number of piperazine rings is 1. The lowest BCUT2D eigenvalue weighted by atomic mass is 10.1. The van der Waals surface area contributed by atoms with E-state index in [2.05, 4.69) is 29.3 Å². The Morgan fingerprint density at radius 2 is 1.95 bits per heavy atom. The van der Waals surface area contributed by atoms with Crippen LogP contribution in [0.3, 0.4) is 0 Å². The van der Waals surface area contributed by atoms with Gasteiger partial charge < -0.3 is 4.90 Å². The zero-order chi connectivity index (χ0) is 14.5. The Balaban J connectivity index is 1.78. The highest BCUT2D eigenvalue weighted by atomic mass is 16.2. The van der Waals surface area contributed by atoms with Crippen molar-refractivity contribution in [3.8, 4) is 0 Å². The molecule has 0 aliphatic carbocycles. The van der Waals surface area contributed by atoms with Crippen LogP contribution >= 0.6 is 0 Å². The molecule has 2 amide bonds. The van der Waals surface area contributed by atoms with Crippen molar-refractivity contribution >= 4 is 17.5 Å². The SMILES string of the molecule is CC(C)CCN1CCN(C(=O)C2=NNC(=O)CC2)CC1. The van der Waals surface area contributed by atoms with E-state index in [-0.39, 0.29) is 11.8 Å². The van der Waals surface area contributed by atoms with Gasteiger partial charge in [-0.15, -0.1) is 0 Å². The summed E-state index contributed by atoms with van der Waals surface area (Å²) in [4.78, 5) is 27.5. The van der Waals surface area contributed by atoms with E-state index >= 15 is 0 Å². The molecule has 0 aromatic carbocycles. The second-order valence-electron chi connectivity index (χ2n) is 5.91. The summed E-state index contributed by atoms with van der Waals surface area (Å²) in [5.74, 6) is 0.587. The molecular formula is C14H24N4O2. The minimum atomic E-state index is -0.111. The molecule has 0 aromatic rings. The normalized spacial score (nSPS) is 20.9. The van der Waals surface area contributed by atoms with E-state index < -0.39 is 0 Å². The Labute approximate surface area is 120 Å². The molecule has 20 heavy (non-hydrogen) atoms. The maximum atomic E-state index is 12.3.